The fraction of sp³-hybridized carbons (Fsp3) is 0.200. The number of carbonyl (C=O) groups excluding carboxylic acids is 2. The molecule has 0 bridgehead atoms. The molecule has 2 aromatic carbocycles. The minimum Gasteiger partial charge on any atom is -0.488 e. The van der Waals surface area contributed by atoms with Gasteiger partial charge in [-0.1, -0.05) is 52.1 Å². The molecule has 3 rings (SSSR count). The average molecular weight is 501 g/mol. The number of nitrogens with zero attached hydrogens (tertiary/aromatic N) is 1. The fourth-order valence-corrected chi connectivity index (χ4v) is 4.17. The van der Waals surface area contributed by atoms with Crippen LogP contribution in [-0.4, -0.2) is 22.6 Å². The molecule has 0 aliphatic carbocycles. The van der Waals surface area contributed by atoms with E-state index in [0.717, 1.165) is 28.2 Å². The lowest BCUT2D eigenvalue weighted by atomic mass is 10.1. The Hall–Kier alpha value is -1.47. The van der Waals surface area contributed by atoms with E-state index in [-0.39, 0.29) is 17.8 Å². The minimum atomic E-state index is -0.271. The second-order valence-corrected chi connectivity index (χ2v) is 8.78. The van der Waals surface area contributed by atoms with Crippen LogP contribution >= 0.6 is 50.9 Å². The van der Waals surface area contributed by atoms with E-state index >= 15 is 0 Å². The lowest BCUT2D eigenvalue weighted by Gasteiger charge is -2.11. The smallest absolute Gasteiger partial charge is 0.293 e. The summed E-state index contributed by atoms with van der Waals surface area (Å²) in [6.07, 6.45) is 2.41. The Morgan fingerprint density at radius 2 is 1.93 bits per heavy atom. The normalized spacial score (nSPS) is 15.6. The molecule has 1 aliphatic rings. The average Bonchev–Trinajstić information content (AvgIpc) is 2.92. The van der Waals surface area contributed by atoms with Crippen LogP contribution in [0.5, 0.6) is 5.75 Å². The highest BCUT2D eigenvalue weighted by Gasteiger charge is 2.34. The van der Waals surface area contributed by atoms with Gasteiger partial charge in [0.25, 0.3) is 11.1 Å². The predicted molar refractivity (Wildman–Crippen MR) is 118 cm³/mol. The Labute approximate surface area is 186 Å². The quantitative estimate of drug-likeness (QED) is 0.410. The number of amides is 2. The molecule has 146 valence electrons. The van der Waals surface area contributed by atoms with Crippen molar-refractivity contribution in [3.8, 4) is 5.75 Å². The van der Waals surface area contributed by atoms with Gasteiger partial charge < -0.3 is 4.74 Å². The van der Waals surface area contributed by atoms with Gasteiger partial charge in [0.2, 0.25) is 0 Å². The number of imide groups is 1. The molecule has 0 atom stereocenters. The van der Waals surface area contributed by atoms with Crippen LogP contribution in [0.4, 0.5) is 4.79 Å². The van der Waals surface area contributed by atoms with Crippen LogP contribution in [0.1, 0.15) is 24.5 Å². The lowest BCUT2D eigenvalue weighted by molar-refractivity contribution is -0.122. The second kappa shape index (κ2) is 9.35. The molecule has 0 radical (unpaired) electrons. The van der Waals surface area contributed by atoms with E-state index in [1.807, 2.05) is 31.2 Å². The summed E-state index contributed by atoms with van der Waals surface area (Å²) in [5.74, 6) is 0.323. The van der Waals surface area contributed by atoms with Gasteiger partial charge in [-0.3, -0.25) is 14.5 Å². The van der Waals surface area contributed by atoms with E-state index in [9.17, 15) is 9.59 Å². The Morgan fingerprint density at radius 1 is 1.14 bits per heavy atom. The van der Waals surface area contributed by atoms with E-state index in [1.54, 1.807) is 18.2 Å². The van der Waals surface area contributed by atoms with Crippen molar-refractivity contribution < 1.29 is 14.3 Å². The molecule has 28 heavy (non-hydrogen) atoms. The first-order valence-electron chi connectivity index (χ1n) is 8.50. The molecule has 1 heterocycles. The fourth-order valence-electron chi connectivity index (χ4n) is 2.61. The van der Waals surface area contributed by atoms with Crippen LogP contribution in [-0.2, 0) is 11.4 Å². The largest absolute Gasteiger partial charge is 0.488 e. The number of halogens is 3. The highest BCUT2D eigenvalue weighted by atomic mass is 79.9. The lowest BCUT2D eigenvalue weighted by Crippen LogP contribution is -2.28. The number of thioether (sulfide) groups is 1. The van der Waals surface area contributed by atoms with E-state index in [1.165, 1.54) is 4.90 Å². The van der Waals surface area contributed by atoms with Crippen molar-refractivity contribution in [2.24, 2.45) is 0 Å². The van der Waals surface area contributed by atoms with Crippen molar-refractivity contribution in [2.75, 3.05) is 6.54 Å². The zero-order valence-electron chi connectivity index (χ0n) is 14.9. The first-order chi connectivity index (χ1) is 13.4. The summed E-state index contributed by atoms with van der Waals surface area (Å²) in [6.45, 7) is 2.63. The molecule has 1 saturated heterocycles. The molecule has 0 unspecified atom stereocenters. The molecule has 8 heteroatoms. The maximum atomic E-state index is 12.5. The van der Waals surface area contributed by atoms with Gasteiger partial charge in [0, 0.05) is 16.6 Å². The van der Waals surface area contributed by atoms with E-state index in [4.69, 9.17) is 27.9 Å². The maximum absolute atomic E-state index is 12.5. The van der Waals surface area contributed by atoms with Crippen LogP contribution in [0.15, 0.2) is 45.8 Å². The molecule has 2 amide bonds. The molecule has 1 aliphatic heterocycles. The predicted octanol–water partition coefficient (Wildman–Crippen LogP) is 6.78. The molecular formula is C20H16BrCl2NO3S. The van der Waals surface area contributed by atoms with Crippen molar-refractivity contribution in [1.29, 1.82) is 0 Å². The van der Waals surface area contributed by atoms with Crippen LogP contribution in [0, 0.1) is 0 Å². The number of benzene rings is 2. The van der Waals surface area contributed by atoms with Crippen LogP contribution in [0.25, 0.3) is 6.08 Å². The molecule has 0 aromatic heterocycles. The van der Waals surface area contributed by atoms with Gasteiger partial charge in [0.15, 0.2) is 0 Å². The van der Waals surface area contributed by atoms with Crippen molar-refractivity contribution in [3.05, 3.63) is 66.9 Å². The number of carbonyl (C=O) groups is 2. The van der Waals surface area contributed by atoms with E-state index < -0.39 is 0 Å². The van der Waals surface area contributed by atoms with Crippen molar-refractivity contribution in [3.63, 3.8) is 0 Å². The number of rotatable bonds is 6. The Balaban J connectivity index is 1.84. The van der Waals surface area contributed by atoms with Crippen LogP contribution in [0.2, 0.25) is 10.0 Å². The first-order valence-corrected chi connectivity index (χ1v) is 10.9. The Morgan fingerprint density at radius 3 is 2.64 bits per heavy atom. The summed E-state index contributed by atoms with van der Waals surface area (Å²) in [4.78, 5) is 26.2. The van der Waals surface area contributed by atoms with Gasteiger partial charge >= 0.3 is 0 Å². The van der Waals surface area contributed by atoms with Crippen LogP contribution < -0.4 is 4.74 Å². The summed E-state index contributed by atoms with van der Waals surface area (Å²) in [7, 11) is 0. The van der Waals surface area contributed by atoms with Gasteiger partial charge in [-0.05, 0) is 60.2 Å². The molecule has 1 fully saturated rings. The molecule has 4 nitrogen and oxygen atoms in total. The van der Waals surface area contributed by atoms with Crippen molar-refractivity contribution >= 4 is 68.1 Å². The summed E-state index contributed by atoms with van der Waals surface area (Å²) < 4.78 is 6.77. The van der Waals surface area contributed by atoms with E-state index in [2.05, 4.69) is 15.9 Å². The first kappa shape index (κ1) is 21.2. The monoisotopic (exact) mass is 499 g/mol. The highest BCUT2D eigenvalue weighted by Crippen LogP contribution is 2.35. The Kier molecular flexibility index (Phi) is 7.10. The summed E-state index contributed by atoms with van der Waals surface area (Å²) >= 11 is 16.4. The van der Waals surface area contributed by atoms with Gasteiger partial charge in [-0.2, -0.15) is 0 Å². The number of hydrogen-bond acceptors (Lipinski definition) is 4. The zero-order valence-corrected chi connectivity index (χ0v) is 18.8. The van der Waals surface area contributed by atoms with Gasteiger partial charge in [-0.25, -0.2) is 0 Å². The van der Waals surface area contributed by atoms with Crippen LogP contribution in [0.3, 0.4) is 0 Å². The van der Waals surface area contributed by atoms with Gasteiger partial charge in [-0.15, -0.1) is 0 Å². The SMILES string of the molecule is CCCN1C(=O)S/C(=C/c2cc(Br)ccc2OCc2ccc(Cl)c(Cl)c2)C1=O. The van der Waals surface area contributed by atoms with E-state index in [0.29, 0.717) is 32.8 Å². The van der Waals surface area contributed by atoms with Gasteiger partial charge in [0.05, 0.1) is 15.0 Å². The van der Waals surface area contributed by atoms with Gasteiger partial charge in [0.1, 0.15) is 12.4 Å². The number of ether oxygens (including phenoxy) is 1. The molecule has 0 saturated carbocycles. The molecule has 2 aromatic rings. The Bertz CT molecular complexity index is 964. The molecule has 0 spiro atoms. The third-order valence-corrected chi connectivity index (χ3v) is 6.10. The third kappa shape index (κ3) is 4.92. The number of hydrogen-bond donors (Lipinski definition) is 0. The highest BCUT2D eigenvalue weighted by molar-refractivity contribution is 9.10. The summed E-state index contributed by atoms with van der Waals surface area (Å²) in [6, 6.07) is 10.8. The topological polar surface area (TPSA) is 46.6 Å². The van der Waals surface area contributed by atoms with Crippen molar-refractivity contribution in [2.45, 2.75) is 20.0 Å². The summed E-state index contributed by atoms with van der Waals surface area (Å²) in [5.41, 5.74) is 1.57. The standard InChI is InChI=1S/C20H16BrCl2NO3S/c1-2-7-24-19(25)18(28-20(24)26)10-13-9-14(21)4-6-17(13)27-11-12-3-5-15(22)16(23)8-12/h3-6,8-10H,2,7,11H2,1H3/b18-10+. The summed E-state index contributed by atoms with van der Waals surface area (Å²) in [5, 5.41) is 0.701. The van der Waals surface area contributed by atoms with Crippen molar-refractivity contribution in [1.82, 2.24) is 4.90 Å². The zero-order chi connectivity index (χ0) is 20.3. The minimum absolute atomic E-state index is 0.244. The molecule has 0 N–H and O–H groups in total. The third-order valence-electron chi connectivity index (χ3n) is 3.96. The second-order valence-electron chi connectivity index (χ2n) is 6.05. The molecular weight excluding hydrogens is 485 g/mol. The maximum Gasteiger partial charge on any atom is 0.293 e.